The molecule has 0 bridgehead atoms. The van der Waals surface area contributed by atoms with Crippen molar-refractivity contribution in [2.45, 2.75) is 33.1 Å². The minimum atomic E-state index is 0.0149. The molecule has 1 N–H and O–H groups in total. The van der Waals surface area contributed by atoms with E-state index in [1.54, 1.807) is 0 Å². The molecule has 0 aliphatic heterocycles. The minimum absolute atomic E-state index is 0.0149. The van der Waals surface area contributed by atoms with Gasteiger partial charge in [0.2, 0.25) is 11.0 Å². The van der Waals surface area contributed by atoms with E-state index in [2.05, 4.69) is 41.5 Å². The standard InChI is InChI=1S/C15H19N3OS/c1-11(2)8-9-13(19)16-15-18-17-14(20-15)10-12-6-4-3-5-7-12/h3-7,11H,8-10H2,1-2H3,(H,16,18,19). The van der Waals surface area contributed by atoms with Crippen molar-refractivity contribution >= 4 is 22.4 Å². The van der Waals surface area contributed by atoms with E-state index in [1.807, 2.05) is 18.2 Å². The van der Waals surface area contributed by atoms with E-state index in [0.29, 0.717) is 17.5 Å². The Morgan fingerprint density at radius 3 is 2.70 bits per heavy atom. The number of carbonyl (C=O) groups is 1. The van der Waals surface area contributed by atoms with Crippen LogP contribution < -0.4 is 5.32 Å². The minimum Gasteiger partial charge on any atom is -0.301 e. The summed E-state index contributed by atoms with van der Waals surface area (Å²) in [4.78, 5) is 11.7. The lowest BCUT2D eigenvalue weighted by atomic mass is 10.1. The molecule has 0 fully saturated rings. The molecule has 0 saturated heterocycles. The smallest absolute Gasteiger partial charge is 0.226 e. The molecule has 0 atom stereocenters. The lowest BCUT2D eigenvalue weighted by Crippen LogP contribution is -2.11. The zero-order valence-corrected chi connectivity index (χ0v) is 12.6. The Balaban J connectivity index is 1.87. The van der Waals surface area contributed by atoms with Gasteiger partial charge < -0.3 is 5.32 Å². The normalized spacial score (nSPS) is 10.8. The van der Waals surface area contributed by atoms with Gasteiger partial charge in [0.05, 0.1) is 0 Å². The zero-order valence-electron chi connectivity index (χ0n) is 11.8. The largest absolute Gasteiger partial charge is 0.301 e. The predicted molar refractivity (Wildman–Crippen MR) is 81.9 cm³/mol. The summed E-state index contributed by atoms with van der Waals surface area (Å²) in [6, 6.07) is 10.1. The first-order chi connectivity index (χ1) is 9.63. The number of anilines is 1. The van der Waals surface area contributed by atoms with Gasteiger partial charge in [-0.2, -0.15) is 0 Å². The summed E-state index contributed by atoms with van der Waals surface area (Å²) >= 11 is 1.44. The lowest BCUT2D eigenvalue weighted by molar-refractivity contribution is -0.116. The van der Waals surface area contributed by atoms with E-state index < -0.39 is 0 Å². The van der Waals surface area contributed by atoms with Gasteiger partial charge in [-0.3, -0.25) is 4.79 Å². The average molecular weight is 289 g/mol. The molecule has 1 aromatic carbocycles. The highest BCUT2D eigenvalue weighted by molar-refractivity contribution is 7.15. The third kappa shape index (κ3) is 4.74. The van der Waals surface area contributed by atoms with Crippen molar-refractivity contribution in [3.05, 3.63) is 40.9 Å². The zero-order chi connectivity index (χ0) is 14.4. The SMILES string of the molecule is CC(C)CCC(=O)Nc1nnc(Cc2ccccc2)s1. The van der Waals surface area contributed by atoms with Gasteiger partial charge in [0, 0.05) is 12.8 Å². The van der Waals surface area contributed by atoms with Crippen LogP contribution in [0.15, 0.2) is 30.3 Å². The Hall–Kier alpha value is -1.75. The summed E-state index contributed by atoms with van der Waals surface area (Å²) in [5.74, 6) is 0.546. The van der Waals surface area contributed by atoms with Crippen molar-refractivity contribution in [2.75, 3.05) is 5.32 Å². The van der Waals surface area contributed by atoms with E-state index >= 15 is 0 Å². The van der Waals surface area contributed by atoms with E-state index in [-0.39, 0.29) is 5.91 Å². The van der Waals surface area contributed by atoms with Crippen molar-refractivity contribution < 1.29 is 4.79 Å². The van der Waals surface area contributed by atoms with Crippen molar-refractivity contribution in [3.8, 4) is 0 Å². The topological polar surface area (TPSA) is 54.9 Å². The van der Waals surface area contributed by atoms with Gasteiger partial charge in [-0.1, -0.05) is 55.5 Å². The molecule has 1 amide bonds. The third-order valence-corrected chi connectivity index (χ3v) is 3.70. The number of hydrogen-bond donors (Lipinski definition) is 1. The monoisotopic (exact) mass is 289 g/mol. The number of rotatable bonds is 6. The van der Waals surface area contributed by atoms with Crippen LogP contribution in [-0.2, 0) is 11.2 Å². The molecule has 4 nitrogen and oxygen atoms in total. The molecule has 0 unspecified atom stereocenters. The Bertz CT molecular complexity index is 551. The van der Waals surface area contributed by atoms with Crippen LogP contribution in [-0.4, -0.2) is 16.1 Å². The average Bonchev–Trinajstić information content (AvgIpc) is 2.85. The molecule has 2 rings (SSSR count). The summed E-state index contributed by atoms with van der Waals surface area (Å²) in [5.41, 5.74) is 1.20. The number of benzene rings is 1. The van der Waals surface area contributed by atoms with E-state index in [4.69, 9.17) is 0 Å². The first kappa shape index (κ1) is 14.7. The van der Waals surface area contributed by atoms with E-state index in [9.17, 15) is 4.79 Å². The molecule has 2 aromatic rings. The Morgan fingerprint density at radius 2 is 2.00 bits per heavy atom. The summed E-state index contributed by atoms with van der Waals surface area (Å²) in [6.07, 6.45) is 2.17. The molecule has 0 saturated carbocycles. The molecular formula is C15H19N3OS. The maximum Gasteiger partial charge on any atom is 0.226 e. The van der Waals surface area contributed by atoms with Crippen molar-refractivity contribution in [2.24, 2.45) is 5.92 Å². The van der Waals surface area contributed by atoms with Crippen LogP contribution in [0.5, 0.6) is 0 Å². The van der Waals surface area contributed by atoms with Crippen LogP contribution >= 0.6 is 11.3 Å². The molecule has 5 heteroatoms. The van der Waals surface area contributed by atoms with Gasteiger partial charge in [-0.05, 0) is 17.9 Å². The summed E-state index contributed by atoms with van der Waals surface area (Å²) < 4.78 is 0. The van der Waals surface area contributed by atoms with Crippen LogP contribution in [0.25, 0.3) is 0 Å². The Labute approximate surface area is 123 Å². The second-order valence-corrected chi connectivity index (χ2v) is 6.21. The van der Waals surface area contributed by atoms with Crippen LogP contribution in [0, 0.1) is 5.92 Å². The Kier molecular flexibility index (Phi) is 5.24. The maximum atomic E-state index is 11.7. The van der Waals surface area contributed by atoms with Gasteiger partial charge in [-0.15, -0.1) is 10.2 Å². The van der Waals surface area contributed by atoms with Crippen molar-refractivity contribution in [1.29, 1.82) is 0 Å². The van der Waals surface area contributed by atoms with Crippen LogP contribution in [0.1, 0.15) is 37.3 Å². The second kappa shape index (κ2) is 7.14. The molecule has 0 radical (unpaired) electrons. The molecule has 1 heterocycles. The number of nitrogens with zero attached hydrogens (tertiary/aromatic N) is 2. The highest BCUT2D eigenvalue weighted by Gasteiger charge is 2.09. The molecule has 20 heavy (non-hydrogen) atoms. The van der Waals surface area contributed by atoms with E-state index in [0.717, 1.165) is 17.8 Å². The van der Waals surface area contributed by atoms with Crippen molar-refractivity contribution in [1.82, 2.24) is 10.2 Å². The van der Waals surface area contributed by atoms with Crippen LogP contribution in [0.4, 0.5) is 5.13 Å². The summed E-state index contributed by atoms with van der Waals surface area (Å²) in [7, 11) is 0. The number of aromatic nitrogens is 2. The first-order valence-corrected chi connectivity index (χ1v) is 7.61. The number of carbonyl (C=O) groups excluding carboxylic acids is 1. The third-order valence-electron chi connectivity index (χ3n) is 2.86. The number of amides is 1. The highest BCUT2D eigenvalue weighted by atomic mass is 32.1. The molecule has 106 valence electrons. The highest BCUT2D eigenvalue weighted by Crippen LogP contribution is 2.19. The fourth-order valence-electron chi connectivity index (χ4n) is 1.75. The van der Waals surface area contributed by atoms with Gasteiger partial charge in [0.25, 0.3) is 0 Å². The fraction of sp³-hybridized carbons (Fsp3) is 0.400. The van der Waals surface area contributed by atoms with Crippen LogP contribution in [0.3, 0.4) is 0 Å². The molecule has 0 aliphatic rings. The van der Waals surface area contributed by atoms with Crippen LogP contribution in [0.2, 0.25) is 0 Å². The van der Waals surface area contributed by atoms with Gasteiger partial charge in [-0.25, -0.2) is 0 Å². The summed E-state index contributed by atoms with van der Waals surface area (Å²) in [5, 5.41) is 12.4. The molecule has 0 aliphatic carbocycles. The van der Waals surface area contributed by atoms with Gasteiger partial charge >= 0.3 is 0 Å². The first-order valence-electron chi connectivity index (χ1n) is 6.79. The summed E-state index contributed by atoms with van der Waals surface area (Å²) in [6.45, 7) is 4.21. The lowest BCUT2D eigenvalue weighted by Gasteiger charge is -2.03. The fourth-order valence-corrected chi connectivity index (χ4v) is 2.54. The van der Waals surface area contributed by atoms with E-state index in [1.165, 1.54) is 16.9 Å². The quantitative estimate of drug-likeness (QED) is 0.885. The second-order valence-electron chi connectivity index (χ2n) is 5.14. The van der Waals surface area contributed by atoms with Gasteiger partial charge in [0.1, 0.15) is 5.01 Å². The van der Waals surface area contributed by atoms with Gasteiger partial charge in [0.15, 0.2) is 0 Å². The van der Waals surface area contributed by atoms with Crippen molar-refractivity contribution in [3.63, 3.8) is 0 Å². The molecular weight excluding hydrogens is 270 g/mol. The molecule has 1 aromatic heterocycles. The molecule has 0 spiro atoms. The maximum absolute atomic E-state index is 11.7. The number of nitrogens with one attached hydrogen (secondary N) is 1. The number of hydrogen-bond acceptors (Lipinski definition) is 4. The predicted octanol–water partition coefficient (Wildman–Crippen LogP) is 3.50. The Morgan fingerprint density at radius 1 is 1.25 bits per heavy atom.